The highest BCUT2D eigenvalue weighted by Crippen LogP contribution is 2.43. The number of nitrogens with zero attached hydrogens (tertiary/aromatic N) is 2. The zero-order chi connectivity index (χ0) is 23.6. The molecule has 33 heavy (non-hydrogen) atoms. The Hall–Kier alpha value is -3.03. The molecule has 0 aliphatic carbocycles. The average molecular weight is 474 g/mol. The van der Waals surface area contributed by atoms with Crippen molar-refractivity contribution in [3.05, 3.63) is 101 Å². The number of anilines is 1. The van der Waals surface area contributed by atoms with Gasteiger partial charge in [0.25, 0.3) is 0 Å². The van der Waals surface area contributed by atoms with E-state index in [1.165, 1.54) is 12.1 Å². The van der Waals surface area contributed by atoms with Gasteiger partial charge in [0.1, 0.15) is 0 Å². The molecule has 1 N–H and O–H groups in total. The first-order valence-corrected chi connectivity index (χ1v) is 11.0. The van der Waals surface area contributed by atoms with Gasteiger partial charge in [-0.25, -0.2) is 9.80 Å². The molecule has 1 aliphatic heterocycles. The van der Waals surface area contributed by atoms with Gasteiger partial charge in [-0.1, -0.05) is 61.0 Å². The van der Waals surface area contributed by atoms with E-state index >= 15 is 0 Å². The predicted octanol–water partition coefficient (Wildman–Crippen LogP) is 6.97. The van der Waals surface area contributed by atoms with Gasteiger partial charge in [0, 0.05) is 29.7 Å². The van der Waals surface area contributed by atoms with E-state index < -0.39 is 17.8 Å². The quantitative estimate of drug-likeness (QED) is 0.444. The van der Waals surface area contributed by atoms with Crippen LogP contribution in [-0.2, 0) is 6.18 Å². The molecule has 2 atom stereocenters. The molecule has 172 valence electrons. The molecule has 1 heterocycles. The first-order chi connectivity index (χ1) is 15.8. The standard InChI is InChI=1S/C25H23ClF3N3O/c1-2-31-23(18-8-12-20(26)13-9-18)22(17-6-4-3-5-7-17)16-32(31)24(33)30-21-14-10-19(11-15-21)25(27,28)29/h3-15,22-23H,2,16H2,1H3,(H,30,33). The number of carbonyl (C=O) groups is 1. The number of hydrogen-bond donors (Lipinski definition) is 1. The molecule has 0 radical (unpaired) electrons. The third kappa shape index (κ3) is 4.99. The fourth-order valence-corrected chi connectivity index (χ4v) is 4.42. The molecule has 0 aromatic heterocycles. The molecule has 1 saturated heterocycles. The second kappa shape index (κ2) is 9.45. The van der Waals surface area contributed by atoms with E-state index in [2.05, 4.69) is 5.32 Å². The number of alkyl halides is 3. The Morgan fingerprint density at radius 2 is 1.61 bits per heavy atom. The minimum atomic E-state index is -4.43. The molecular formula is C25H23ClF3N3O. The smallest absolute Gasteiger partial charge is 0.307 e. The lowest BCUT2D eigenvalue weighted by Crippen LogP contribution is -2.44. The van der Waals surface area contributed by atoms with E-state index in [1.807, 2.05) is 66.5 Å². The molecule has 3 aromatic rings. The summed E-state index contributed by atoms with van der Waals surface area (Å²) in [5.74, 6) is 0.00526. The van der Waals surface area contributed by atoms with Crippen LogP contribution in [0.5, 0.6) is 0 Å². The highest BCUT2D eigenvalue weighted by molar-refractivity contribution is 6.30. The summed E-state index contributed by atoms with van der Waals surface area (Å²) < 4.78 is 38.5. The number of carbonyl (C=O) groups excluding carboxylic acids is 1. The Labute approximate surface area is 195 Å². The van der Waals surface area contributed by atoms with Gasteiger partial charge in [-0.05, 0) is 47.5 Å². The molecule has 1 aliphatic rings. The van der Waals surface area contributed by atoms with E-state index in [0.29, 0.717) is 23.8 Å². The number of nitrogens with one attached hydrogen (secondary N) is 1. The van der Waals surface area contributed by atoms with Crippen molar-refractivity contribution in [2.45, 2.75) is 25.1 Å². The first kappa shape index (κ1) is 23.1. The van der Waals surface area contributed by atoms with Crippen LogP contribution in [0.1, 0.15) is 35.6 Å². The largest absolute Gasteiger partial charge is 0.416 e. The normalized spacial score (nSPS) is 19.0. The molecule has 0 spiro atoms. The summed E-state index contributed by atoms with van der Waals surface area (Å²) in [6, 6.07) is 21.5. The SMILES string of the molecule is CCN1C(c2ccc(Cl)cc2)C(c2ccccc2)CN1C(=O)Nc1ccc(C(F)(F)F)cc1. The van der Waals surface area contributed by atoms with Gasteiger partial charge >= 0.3 is 12.2 Å². The lowest BCUT2D eigenvalue weighted by atomic mass is 9.88. The fraction of sp³-hybridized carbons (Fsp3) is 0.240. The maximum Gasteiger partial charge on any atom is 0.416 e. The van der Waals surface area contributed by atoms with Gasteiger partial charge in [-0.3, -0.25) is 5.01 Å². The van der Waals surface area contributed by atoms with Crippen LogP contribution in [-0.4, -0.2) is 29.1 Å². The first-order valence-electron chi connectivity index (χ1n) is 10.6. The molecule has 2 amide bonds. The Morgan fingerprint density at radius 1 is 0.970 bits per heavy atom. The maximum atomic E-state index is 13.2. The second-order valence-corrected chi connectivity index (χ2v) is 8.29. The van der Waals surface area contributed by atoms with Gasteiger partial charge < -0.3 is 5.32 Å². The zero-order valence-corrected chi connectivity index (χ0v) is 18.6. The summed E-state index contributed by atoms with van der Waals surface area (Å²) in [5.41, 5.74) is 1.67. The Bertz CT molecular complexity index is 1090. The minimum Gasteiger partial charge on any atom is -0.307 e. The lowest BCUT2D eigenvalue weighted by molar-refractivity contribution is -0.137. The van der Waals surface area contributed by atoms with Crippen molar-refractivity contribution in [2.75, 3.05) is 18.4 Å². The molecule has 1 fully saturated rings. The summed E-state index contributed by atoms with van der Waals surface area (Å²) in [5, 5.41) is 6.99. The highest BCUT2D eigenvalue weighted by atomic mass is 35.5. The van der Waals surface area contributed by atoms with E-state index in [0.717, 1.165) is 23.3 Å². The molecule has 0 saturated carbocycles. The van der Waals surface area contributed by atoms with Crippen molar-refractivity contribution < 1.29 is 18.0 Å². The molecule has 4 rings (SSSR count). The second-order valence-electron chi connectivity index (χ2n) is 7.86. The zero-order valence-electron chi connectivity index (χ0n) is 17.9. The topological polar surface area (TPSA) is 35.6 Å². The molecule has 3 aromatic carbocycles. The van der Waals surface area contributed by atoms with Crippen molar-refractivity contribution in [1.29, 1.82) is 0 Å². The fourth-order valence-electron chi connectivity index (χ4n) is 4.30. The van der Waals surface area contributed by atoms with E-state index in [-0.39, 0.29) is 12.0 Å². The van der Waals surface area contributed by atoms with Crippen LogP contribution in [0.25, 0.3) is 0 Å². The highest BCUT2D eigenvalue weighted by Gasteiger charge is 2.43. The van der Waals surface area contributed by atoms with Crippen molar-refractivity contribution >= 4 is 23.3 Å². The van der Waals surface area contributed by atoms with E-state index in [1.54, 1.807) is 5.01 Å². The van der Waals surface area contributed by atoms with E-state index in [9.17, 15) is 18.0 Å². The van der Waals surface area contributed by atoms with Gasteiger partial charge in [-0.15, -0.1) is 0 Å². The van der Waals surface area contributed by atoms with Crippen LogP contribution in [0.15, 0.2) is 78.9 Å². The molecule has 2 unspecified atom stereocenters. The van der Waals surface area contributed by atoms with Crippen LogP contribution < -0.4 is 5.32 Å². The molecule has 4 nitrogen and oxygen atoms in total. The van der Waals surface area contributed by atoms with Crippen molar-refractivity contribution in [3.8, 4) is 0 Å². The van der Waals surface area contributed by atoms with Crippen LogP contribution in [0, 0.1) is 0 Å². The minimum absolute atomic E-state index is 0.00526. The van der Waals surface area contributed by atoms with Crippen molar-refractivity contribution in [2.24, 2.45) is 0 Å². The van der Waals surface area contributed by atoms with Crippen LogP contribution >= 0.6 is 11.6 Å². The monoisotopic (exact) mass is 473 g/mol. The Morgan fingerprint density at radius 3 is 2.18 bits per heavy atom. The summed E-state index contributed by atoms with van der Waals surface area (Å²) in [4.78, 5) is 13.2. The molecule has 8 heteroatoms. The number of urea groups is 1. The summed E-state index contributed by atoms with van der Waals surface area (Å²) >= 11 is 6.09. The lowest BCUT2D eigenvalue weighted by Gasteiger charge is -2.32. The van der Waals surface area contributed by atoms with Gasteiger partial charge in [0.2, 0.25) is 0 Å². The maximum absolute atomic E-state index is 13.2. The van der Waals surface area contributed by atoms with Crippen molar-refractivity contribution in [3.63, 3.8) is 0 Å². The number of rotatable bonds is 4. The molecule has 0 bridgehead atoms. The van der Waals surface area contributed by atoms with Crippen LogP contribution in [0.2, 0.25) is 5.02 Å². The summed E-state index contributed by atoms with van der Waals surface area (Å²) in [6.45, 7) is 2.96. The third-order valence-corrected chi connectivity index (χ3v) is 6.10. The Kier molecular flexibility index (Phi) is 6.63. The number of hydrazine groups is 1. The summed E-state index contributed by atoms with van der Waals surface area (Å²) in [6.07, 6.45) is -4.43. The number of amides is 2. The average Bonchev–Trinajstić information content (AvgIpc) is 3.20. The predicted molar refractivity (Wildman–Crippen MR) is 123 cm³/mol. The van der Waals surface area contributed by atoms with E-state index in [4.69, 9.17) is 11.6 Å². The van der Waals surface area contributed by atoms with Gasteiger partial charge in [0.05, 0.1) is 11.6 Å². The number of likely N-dealkylation sites (N-methyl/N-ethyl adjacent to an activating group) is 1. The number of hydrogen-bond acceptors (Lipinski definition) is 2. The van der Waals surface area contributed by atoms with Crippen LogP contribution in [0.3, 0.4) is 0 Å². The summed E-state index contributed by atoms with van der Waals surface area (Å²) in [7, 11) is 0. The number of halogens is 4. The number of benzene rings is 3. The van der Waals surface area contributed by atoms with Crippen LogP contribution in [0.4, 0.5) is 23.7 Å². The Balaban J connectivity index is 1.62. The molecular weight excluding hydrogens is 451 g/mol. The van der Waals surface area contributed by atoms with Gasteiger partial charge in [0.15, 0.2) is 0 Å². The van der Waals surface area contributed by atoms with Gasteiger partial charge in [-0.2, -0.15) is 13.2 Å². The van der Waals surface area contributed by atoms with Crippen molar-refractivity contribution in [1.82, 2.24) is 10.0 Å². The third-order valence-electron chi connectivity index (χ3n) is 5.84.